The molecule has 0 radical (unpaired) electrons. The molecule has 4 heteroatoms. The van der Waals surface area contributed by atoms with E-state index in [0.29, 0.717) is 0 Å². The summed E-state index contributed by atoms with van der Waals surface area (Å²) in [6, 6.07) is 0. The Bertz CT molecular complexity index is 100. The maximum absolute atomic E-state index is 10.3. The Kier molecular flexibility index (Phi) is 1.45. The van der Waals surface area contributed by atoms with Gasteiger partial charge in [0.2, 0.25) is 0 Å². The van der Waals surface area contributed by atoms with E-state index in [1.54, 1.807) is 0 Å². The molecule has 1 saturated heterocycles. The van der Waals surface area contributed by atoms with Gasteiger partial charge in [0.15, 0.2) is 0 Å². The van der Waals surface area contributed by atoms with Crippen LogP contribution in [-0.4, -0.2) is 24.3 Å². The molecule has 0 aromatic rings. The highest BCUT2D eigenvalue weighted by Gasteiger charge is 2.27. The van der Waals surface area contributed by atoms with Gasteiger partial charge in [-0.1, -0.05) is 0 Å². The van der Waals surface area contributed by atoms with Crippen LogP contribution in [0, 0.1) is 5.92 Å². The van der Waals surface area contributed by atoms with Crippen molar-refractivity contribution in [1.82, 2.24) is 0 Å². The molecule has 1 fully saturated rings. The molecule has 1 heterocycles. The van der Waals surface area contributed by atoms with Gasteiger partial charge in [-0.15, -0.1) is 0 Å². The first kappa shape index (κ1) is 5.53. The maximum atomic E-state index is 10.3. The molecule has 0 spiro atoms. The fourth-order valence-corrected chi connectivity index (χ4v) is 0.438. The largest absolute Gasteiger partial charge is 0.395 e. The van der Waals surface area contributed by atoms with E-state index in [9.17, 15) is 4.79 Å². The second-order valence-corrected chi connectivity index (χ2v) is 1.57. The van der Waals surface area contributed by atoms with Gasteiger partial charge in [0, 0.05) is 0 Å². The van der Waals surface area contributed by atoms with Crippen molar-refractivity contribution in [1.29, 1.82) is 0 Å². The second kappa shape index (κ2) is 2.11. The van der Waals surface area contributed by atoms with Crippen LogP contribution in [0.4, 0.5) is 0 Å². The van der Waals surface area contributed by atoms with Crippen LogP contribution in [0.15, 0.2) is 0 Å². The first-order valence-corrected chi connectivity index (χ1v) is 2.28. The second-order valence-electron chi connectivity index (χ2n) is 1.57. The molecule has 0 amide bonds. The van der Waals surface area contributed by atoms with Crippen LogP contribution in [0.3, 0.4) is 0 Å². The van der Waals surface area contributed by atoms with Crippen LogP contribution < -0.4 is 0 Å². The van der Waals surface area contributed by atoms with Gasteiger partial charge in [-0.05, 0) is 0 Å². The molecule has 1 rings (SSSR count). The lowest BCUT2D eigenvalue weighted by molar-refractivity contribution is -0.240. The minimum Gasteiger partial charge on any atom is -0.395 e. The Hall–Kier alpha value is -0.610. The zero-order valence-electron chi connectivity index (χ0n) is 4.16. The van der Waals surface area contributed by atoms with Crippen molar-refractivity contribution < 1.29 is 19.7 Å². The highest BCUT2D eigenvalue weighted by atomic mass is 17.2. The van der Waals surface area contributed by atoms with Gasteiger partial charge >= 0.3 is 5.97 Å². The molecular formula is C4H6O4. The predicted octanol–water partition coefficient (Wildman–Crippen LogP) is -0.917. The lowest BCUT2D eigenvalue weighted by atomic mass is 10.2. The van der Waals surface area contributed by atoms with Gasteiger partial charge < -0.3 is 5.11 Å². The molecule has 0 bridgehead atoms. The molecule has 0 aliphatic carbocycles. The Morgan fingerprint density at radius 3 is 2.88 bits per heavy atom. The number of hydrogen-bond donors (Lipinski definition) is 1. The van der Waals surface area contributed by atoms with Gasteiger partial charge in [-0.3, -0.25) is 4.89 Å². The Morgan fingerprint density at radius 1 is 1.88 bits per heavy atom. The summed E-state index contributed by atoms with van der Waals surface area (Å²) in [6.07, 6.45) is 0. The summed E-state index contributed by atoms with van der Waals surface area (Å²) in [4.78, 5) is 18.6. The highest BCUT2D eigenvalue weighted by molar-refractivity contribution is 5.73. The normalized spacial score (nSPS) is 28.1. The molecule has 1 unspecified atom stereocenters. The van der Waals surface area contributed by atoms with E-state index < -0.39 is 11.9 Å². The van der Waals surface area contributed by atoms with E-state index in [0.717, 1.165) is 0 Å². The number of aliphatic hydroxyl groups excluding tert-OH is 1. The third-order valence-corrected chi connectivity index (χ3v) is 0.964. The molecule has 1 atom stereocenters. The van der Waals surface area contributed by atoms with Crippen LogP contribution >= 0.6 is 0 Å². The van der Waals surface area contributed by atoms with E-state index in [1.807, 2.05) is 0 Å². The fraction of sp³-hybridized carbons (Fsp3) is 0.750. The SMILES string of the molecule is O=C1OOCC1CO. The standard InChI is InChI=1S/C4H6O4/c5-1-3-2-7-8-4(3)6/h3,5H,1-2H2. The average Bonchev–Trinajstić information content (AvgIpc) is 2.14. The van der Waals surface area contributed by atoms with Crippen molar-refractivity contribution in [3.05, 3.63) is 0 Å². The van der Waals surface area contributed by atoms with Gasteiger partial charge in [-0.2, -0.15) is 4.89 Å². The van der Waals surface area contributed by atoms with Crippen molar-refractivity contribution in [2.45, 2.75) is 0 Å². The average molecular weight is 118 g/mol. The quantitative estimate of drug-likeness (QED) is 0.452. The predicted molar refractivity (Wildman–Crippen MR) is 22.6 cm³/mol. The summed E-state index contributed by atoms with van der Waals surface area (Å²) in [6.45, 7) is -0.0197. The minimum atomic E-state index is -0.479. The Balaban J connectivity index is 2.42. The van der Waals surface area contributed by atoms with Gasteiger partial charge in [0.25, 0.3) is 0 Å². The van der Waals surface area contributed by atoms with E-state index in [4.69, 9.17) is 5.11 Å². The van der Waals surface area contributed by atoms with Gasteiger partial charge in [-0.25, -0.2) is 4.79 Å². The molecule has 1 aliphatic heterocycles. The van der Waals surface area contributed by atoms with Crippen LogP contribution in [0.1, 0.15) is 0 Å². The molecule has 8 heavy (non-hydrogen) atoms. The molecule has 1 N–H and O–H groups in total. The molecule has 46 valence electrons. The number of aliphatic hydroxyl groups is 1. The molecule has 0 saturated carbocycles. The van der Waals surface area contributed by atoms with Crippen molar-refractivity contribution in [3.8, 4) is 0 Å². The summed E-state index contributed by atoms with van der Waals surface area (Å²) < 4.78 is 0. The van der Waals surface area contributed by atoms with Gasteiger partial charge in [0.05, 0.1) is 6.61 Å². The third kappa shape index (κ3) is 0.801. The fourth-order valence-electron chi connectivity index (χ4n) is 0.438. The Morgan fingerprint density at radius 2 is 2.62 bits per heavy atom. The molecule has 0 aromatic carbocycles. The van der Waals surface area contributed by atoms with Crippen molar-refractivity contribution in [3.63, 3.8) is 0 Å². The minimum absolute atomic E-state index is 0.176. The van der Waals surface area contributed by atoms with Crippen LogP contribution in [-0.2, 0) is 14.6 Å². The number of hydrogen-bond acceptors (Lipinski definition) is 4. The lowest BCUT2D eigenvalue weighted by Crippen LogP contribution is -2.14. The monoisotopic (exact) mass is 118 g/mol. The molecular weight excluding hydrogens is 112 g/mol. The summed E-state index contributed by atoms with van der Waals surface area (Å²) >= 11 is 0. The summed E-state index contributed by atoms with van der Waals surface area (Å²) in [5, 5.41) is 8.36. The zero-order valence-corrected chi connectivity index (χ0v) is 4.16. The first-order valence-electron chi connectivity index (χ1n) is 2.28. The third-order valence-electron chi connectivity index (χ3n) is 0.964. The number of carbonyl (C=O) groups excluding carboxylic acids is 1. The number of rotatable bonds is 1. The molecule has 0 aromatic heterocycles. The smallest absolute Gasteiger partial charge is 0.350 e. The lowest BCUT2D eigenvalue weighted by Gasteiger charge is -1.91. The van der Waals surface area contributed by atoms with E-state index in [2.05, 4.69) is 9.78 Å². The van der Waals surface area contributed by atoms with Crippen molar-refractivity contribution in [2.75, 3.05) is 13.2 Å². The zero-order chi connectivity index (χ0) is 5.98. The van der Waals surface area contributed by atoms with Crippen LogP contribution in [0.5, 0.6) is 0 Å². The van der Waals surface area contributed by atoms with Crippen LogP contribution in [0.2, 0.25) is 0 Å². The molecule has 4 nitrogen and oxygen atoms in total. The summed E-state index contributed by atoms with van der Waals surface area (Å²) in [5.41, 5.74) is 0. The highest BCUT2D eigenvalue weighted by Crippen LogP contribution is 2.07. The van der Waals surface area contributed by atoms with E-state index >= 15 is 0 Å². The van der Waals surface area contributed by atoms with Gasteiger partial charge in [0.1, 0.15) is 12.5 Å². The maximum Gasteiger partial charge on any atom is 0.350 e. The van der Waals surface area contributed by atoms with E-state index in [-0.39, 0.29) is 13.2 Å². The van der Waals surface area contributed by atoms with Crippen molar-refractivity contribution >= 4 is 5.97 Å². The number of carbonyl (C=O) groups is 1. The van der Waals surface area contributed by atoms with E-state index in [1.165, 1.54) is 0 Å². The summed E-state index contributed by atoms with van der Waals surface area (Å²) in [7, 11) is 0. The Labute approximate surface area is 45.9 Å². The van der Waals surface area contributed by atoms with Crippen molar-refractivity contribution in [2.24, 2.45) is 5.92 Å². The van der Waals surface area contributed by atoms with Crippen LogP contribution in [0.25, 0.3) is 0 Å². The topological polar surface area (TPSA) is 55.8 Å². The summed E-state index contributed by atoms with van der Waals surface area (Å²) in [5.74, 6) is -0.942. The molecule has 1 aliphatic rings. The first-order chi connectivity index (χ1) is 3.84.